The first-order chi connectivity index (χ1) is 11.1. The number of anilines is 1. The van der Waals surface area contributed by atoms with Gasteiger partial charge in [-0.25, -0.2) is 4.39 Å². The van der Waals surface area contributed by atoms with E-state index in [2.05, 4.69) is 14.8 Å². The molecule has 0 spiro atoms. The molecule has 1 aliphatic carbocycles. The van der Waals surface area contributed by atoms with Gasteiger partial charge in [0, 0.05) is 37.3 Å². The second kappa shape index (κ2) is 6.74. The van der Waals surface area contributed by atoms with Crippen LogP contribution in [0.3, 0.4) is 0 Å². The topological polar surface area (TPSA) is 65.1 Å². The fourth-order valence-electron chi connectivity index (χ4n) is 3.24. The molecule has 0 atom stereocenters. The largest absolute Gasteiger partial charge is 0.396 e. The first kappa shape index (κ1) is 16.1. The minimum Gasteiger partial charge on any atom is -0.396 e. The third kappa shape index (κ3) is 3.58. The predicted molar refractivity (Wildman–Crippen MR) is 90.0 cm³/mol. The summed E-state index contributed by atoms with van der Waals surface area (Å²) >= 11 is 0. The predicted octanol–water partition coefficient (Wildman–Crippen LogP) is 1.42. The molecule has 1 saturated heterocycles. The van der Waals surface area contributed by atoms with Crippen LogP contribution in [-0.2, 0) is 0 Å². The number of nitrogens with zero attached hydrogens (tertiary/aromatic N) is 3. The van der Waals surface area contributed by atoms with Crippen LogP contribution >= 0.6 is 0 Å². The number of hydrogen-bond donors (Lipinski definition) is 2. The SMILES string of the molecule is NC(=NCC1(CO)CCC1)N1CCN(c2ccc(F)cc2)CC1. The van der Waals surface area contributed by atoms with Crippen LogP contribution in [0.15, 0.2) is 29.3 Å². The molecule has 2 fully saturated rings. The van der Waals surface area contributed by atoms with E-state index in [4.69, 9.17) is 5.73 Å². The summed E-state index contributed by atoms with van der Waals surface area (Å²) in [7, 11) is 0. The van der Waals surface area contributed by atoms with E-state index in [1.807, 2.05) is 12.1 Å². The Kier molecular flexibility index (Phi) is 4.71. The molecule has 1 aromatic rings. The number of piperazine rings is 1. The Labute approximate surface area is 136 Å². The fourth-order valence-corrected chi connectivity index (χ4v) is 3.24. The zero-order valence-corrected chi connectivity index (χ0v) is 13.4. The van der Waals surface area contributed by atoms with Gasteiger partial charge in [-0.3, -0.25) is 4.99 Å². The van der Waals surface area contributed by atoms with Crippen molar-refractivity contribution in [3.05, 3.63) is 30.1 Å². The van der Waals surface area contributed by atoms with Gasteiger partial charge in [-0.05, 0) is 37.1 Å². The average Bonchev–Trinajstić information content (AvgIpc) is 2.55. The quantitative estimate of drug-likeness (QED) is 0.651. The second-order valence-electron chi connectivity index (χ2n) is 6.64. The van der Waals surface area contributed by atoms with E-state index in [0.29, 0.717) is 12.5 Å². The molecule has 3 N–H and O–H groups in total. The molecule has 23 heavy (non-hydrogen) atoms. The van der Waals surface area contributed by atoms with Crippen LogP contribution < -0.4 is 10.6 Å². The van der Waals surface area contributed by atoms with Crippen LogP contribution in [0.25, 0.3) is 0 Å². The van der Waals surface area contributed by atoms with Crippen LogP contribution in [0.1, 0.15) is 19.3 Å². The molecule has 1 aromatic carbocycles. The first-order valence-electron chi connectivity index (χ1n) is 8.28. The number of benzene rings is 1. The van der Waals surface area contributed by atoms with Crippen molar-refractivity contribution in [1.29, 1.82) is 0 Å². The third-order valence-corrected chi connectivity index (χ3v) is 5.12. The highest BCUT2D eigenvalue weighted by atomic mass is 19.1. The summed E-state index contributed by atoms with van der Waals surface area (Å²) in [5.41, 5.74) is 7.13. The number of aliphatic hydroxyl groups is 1. The molecule has 0 unspecified atom stereocenters. The van der Waals surface area contributed by atoms with Gasteiger partial charge in [0.2, 0.25) is 0 Å². The van der Waals surface area contributed by atoms with Gasteiger partial charge in [0.15, 0.2) is 5.96 Å². The summed E-state index contributed by atoms with van der Waals surface area (Å²) < 4.78 is 13.0. The highest BCUT2D eigenvalue weighted by Crippen LogP contribution is 2.40. The molecule has 1 aliphatic heterocycles. The van der Waals surface area contributed by atoms with Crippen LogP contribution in [-0.4, -0.2) is 55.3 Å². The summed E-state index contributed by atoms with van der Waals surface area (Å²) in [6, 6.07) is 6.60. The van der Waals surface area contributed by atoms with E-state index in [1.165, 1.54) is 18.6 Å². The van der Waals surface area contributed by atoms with E-state index < -0.39 is 0 Å². The van der Waals surface area contributed by atoms with Gasteiger partial charge >= 0.3 is 0 Å². The van der Waals surface area contributed by atoms with Crippen molar-refractivity contribution in [3.8, 4) is 0 Å². The van der Waals surface area contributed by atoms with E-state index in [1.54, 1.807) is 0 Å². The van der Waals surface area contributed by atoms with Crippen molar-refractivity contribution in [1.82, 2.24) is 4.90 Å². The molecular weight excluding hydrogens is 295 g/mol. The lowest BCUT2D eigenvalue weighted by Crippen LogP contribution is -2.51. The molecular formula is C17H25FN4O. The Bertz CT molecular complexity index is 543. The molecule has 6 heteroatoms. The van der Waals surface area contributed by atoms with Gasteiger partial charge in [0.25, 0.3) is 0 Å². The standard InChI is InChI=1S/C17H25FN4O/c18-14-2-4-15(5-3-14)21-8-10-22(11-9-21)16(19)20-12-17(13-23)6-1-7-17/h2-5,23H,1,6-13H2,(H2,19,20). The number of nitrogens with two attached hydrogens (primary N) is 1. The molecule has 1 saturated carbocycles. The van der Waals surface area contributed by atoms with Gasteiger partial charge in [0.05, 0.1) is 13.2 Å². The summed E-state index contributed by atoms with van der Waals surface area (Å²) in [5.74, 6) is 0.362. The highest BCUT2D eigenvalue weighted by Gasteiger charge is 2.36. The maximum absolute atomic E-state index is 13.0. The number of halogens is 1. The molecule has 3 rings (SSSR count). The lowest BCUT2D eigenvalue weighted by molar-refractivity contribution is 0.0537. The Balaban J connectivity index is 1.52. The van der Waals surface area contributed by atoms with Crippen LogP contribution in [0.2, 0.25) is 0 Å². The Morgan fingerprint density at radius 2 is 1.83 bits per heavy atom. The summed E-state index contributed by atoms with van der Waals surface area (Å²) in [5, 5.41) is 9.48. The summed E-state index contributed by atoms with van der Waals surface area (Å²) in [6.07, 6.45) is 3.25. The molecule has 0 bridgehead atoms. The molecule has 126 valence electrons. The number of aliphatic imine (C=N–C) groups is 1. The Morgan fingerprint density at radius 3 is 2.35 bits per heavy atom. The fraction of sp³-hybridized carbons (Fsp3) is 0.588. The maximum atomic E-state index is 13.0. The van der Waals surface area contributed by atoms with Crippen molar-refractivity contribution in [2.75, 3.05) is 44.2 Å². The van der Waals surface area contributed by atoms with Crippen molar-refractivity contribution in [2.24, 2.45) is 16.1 Å². The van der Waals surface area contributed by atoms with Gasteiger partial charge < -0.3 is 20.6 Å². The number of hydrogen-bond acceptors (Lipinski definition) is 3. The maximum Gasteiger partial charge on any atom is 0.191 e. The average molecular weight is 320 g/mol. The molecule has 0 aromatic heterocycles. The zero-order chi connectivity index (χ0) is 16.3. The Morgan fingerprint density at radius 1 is 1.17 bits per heavy atom. The number of aliphatic hydroxyl groups excluding tert-OH is 1. The lowest BCUT2D eigenvalue weighted by Gasteiger charge is -2.40. The highest BCUT2D eigenvalue weighted by molar-refractivity contribution is 5.78. The van der Waals surface area contributed by atoms with Gasteiger partial charge in [0.1, 0.15) is 5.82 Å². The van der Waals surface area contributed by atoms with Crippen molar-refractivity contribution in [2.45, 2.75) is 19.3 Å². The summed E-state index contributed by atoms with van der Waals surface area (Å²) in [6.45, 7) is 4.10. The van der Waals surface area contributed by atoms with Gasteiger partial charge in [-0.1, -0.05) is 6.42 Å². The Hall–Kier alpha value is -1.82. The second-order valence-corrected chi connectivity index (χ2v) is 6.64. The van der Waals surface area contributed by atoms with Crippen molar-refractivity contribution < 1.29 is 9.50 Å². The van der Waals surface area contributed by atoms with Crippen LogP contribution in [0.4, 0.5) is 10.1 Å². The third-order valence-electron chi connectivity index (χ3n) is 5.12. The van der Waals surface area contributed by atoms with E-state index in [9.17, 15) is 9.50 Å². The molecule has 0 radical (unpaired) electrons. The monoisotopic (exact) mass is 320 g/mol. The van der Waals surface area contributed by atoms with E-state index >= 15 is 0 Å². The van der Waals surface area contributed by atoms with E-state index in [-0.39, 0.29) is 17.8 Å². The molecule has 0 amide bonds. The minimum atomic E-state index is -0.211. The van der Waals surface area contributed by atoms with Crippen molar-refractivity contribution in [3.63, 3.8) is 0 Å². The smallest absolute Gasteiger partial charge is 0.191 e. The normalized spacial score (nSPS) is 21.2. The van der Waals surface area contributed by atoms with Gasteiger partial charge in [-0.15, -0.1) is 0 Å². The van der Waals surface area contributed by atoms with Crippen LogP contribution in [0, 0.1) is 11.2 Å². The minimum absolute atomic E-state index is 0.0272. The van der Waals surface area contributed by atoms with Crippen molar-refractivity contribution >= 4 is 11.6 Å². The molecule has 5 nitrogen and oxygen atoms in total. The number of rotatable bonds is 4. The van der Waals surface area contributed by atoms with Gasteiger partial charge in [-0.2, -0.15) is 0 Å². The lowest BCUT2D eigenvalue weighted by atomic mass is 9.69. The zero-order valence-electron chi connectivity index (χ0n) is 13.4. The first-order valence-corrected chi connectivity index (χ1v) is 8.28. The summed E-state index contributed by atoms with van der Waals surface area (Å²) in [4.78, 5) is 8.83. The molecule has 2 aliphatic rings. The molecule has 1 heterocycles. The van der Waals surface area contributed by atoms with Crippen LogP contribution in [0.5, 0.6) is 0 Å². The number of guanidine groups is 1. The van der Waals surface area contributed by atoms with E-state index in [0.717, 1.165) is 44.7 Å².